The predicted octanol–water partition coefficient (Wildman–Crippen LogP) is 4.21. The largest absolute Gasteiger partial charge is 0.349 e. The van der Waals surface area contributed by atoms with Crippen LogP contribution in [0, 0.1) is 11.3 Å². The van der Waals surface area contributed by atoms with Crippen LogP contribution in [-0.2, 0) is 4.79 Å². The van der Waals surface area contributed by atoms with E-state index in [-0.39, 0.29) is 25.4 Å². The molecule has 3 aromatic rings. The Hall–Kier alpha value is -2.53. The number of nitrogens with one attached hydrogen (secondary N) is 2. The monoisotopic (exact) mass is 420 g/mol. The summed E-state index contributed by atoms with van der Waals surface area (Å²) in [5, 5.41) is 11.8. The van der Waals surface area contributed by atoms with Crippen molar-refractivity contribution in [2.75, 3.05) is 18.0 Å². The van der Waals surface area contributed by atoms with Gasteiger partial charge in [0, 0.05) is 12.2 Å². The minimum Gasteiger partial charge on any atom is -0.349 e. The fraction of sp³-hybridized carbons (Fsp3) is 0.167. The molecule has 27 heavy (non-hydrogen) atoms. The smallest absolute Gasteiger partial charge is 0.268 e. The molecule has 0 aliphatic rings. The lowest BCUT2D eigenvalue weighted by Crippen LogP contribution is -2.40. The van der Waals surface area contributed by atoms with E-state index in [9.17, 15) is 9.59 Å². The van der Waals surface area contributed by atoms with Gasteiger partial charge in [0.1, 0.15) is 10.0 Å². The highest BCUT2D eigenvalue weighted by Crippen LogP contribution is 2.38. The molecule has 0 saturated heterocycles. The zero-order chi connectivity index (χ0) is 19.4. The van der Waals surface area contributed by atoms with E-state index in [0.29, 0.717) is 26.3 Å². The van der Waals surface area contributed by atoms with Crippen molar-refractivity contribution in [1.29, 1.82) is 5.26 Å². The van der Waals surface area contributed by atoms with Crippen LogP contribution in [0.3, 0.4) is 0 Å². The molecular weight excluding hydrogens is 407 g/mol. The topological polar surface area (TPSA) is 89.0 Å². The molecule has 0 unspecified atom stereocenters. The average Bonchev–Trinajstić information content (AvgIpc) is 3.20. The van der Waals surface area contributed by atoms with Gasteiger partial charge in [-0.3, -0.25) is 9.59 Å². The Balaban J connectivity index is 1.68. The van der Waals surface area contributed by atoms with Crippen molar-refractivity contribution in [3.05, 3.63) is 51.5 Å². The van der Waals surface area contributed by atoms with E-state index in [4.69, 9.17) is 28.5 Å². The number of thiophene rings is 1. The highest BCUT2D eigenvalue weighted by atomic mass is 35.5. The van der Waals surface area contributed by atoms with Crippen molar-refractivity contribution in [2.45, 2.75) is 6.42 Å². The molecule has 2 N–H and O–H groups in total. The Morgan fingerprint density at radius 1 is 1.26 bits per heavy atom. The first kappa shape index (κ1) is 19.2. The molecule has 0 atom stereocenters. The van der Waals surface area contributed by atoms with Crippen LogP contribution < -0.4 is 10.2 Å². The maximum atomic E-state index is 12.6. The zero-order valence-electron chi connectivity index (χ0n) is 14.0. The number of benzene rings is 1. The molecule has 2 heterocycles. The summed E-state index contributed by atoms with van der Waals surface area (Å²) >= 11 is 13.3. The van der Waals surface area contributed by atoms with E-state index in [1.165, 1.54) is 16.2 Å². The Morgan fingerprint density at radius 3 is 2.67 bits per heavy atom. The van der Waals surface area contributed by atoms with E-state index in [2.05, 4.69) is 10.3 Å². The summed E-state index contributed by atoms with van der Waals surface area (Å²) in [6.45, 7) is 0.0574. The first-order chi connectivity index (χ1) is 13.0. The summed E-state index contributed by atoms with van der Waals surface area (Å²) < 4.78 is 1.22. The molecule has 138 valence electrons. The molecule has 0 fully saturated rings. The molecule has 0 spiro atoms. The number of nitriles is 1. The van der Waals surface area contributed by atoms with E-state index < -0.39 is 5.91 Å². The summed E-state index contributed by atoms with van der Waals surface area (Å²) in [5.74, 6) is -0.730. The molecule has 1 aromatic carbocycles. The van der Waals surface area contributed by atoms with Crippen LogP contribution in [0.5, 0.6) is 0 Å². The summed E-state index contributed by atoms with van der Waals surface area (Å²) in [4.78, 5) is 29.3. The van der Waals surface area contributed by atoms with E-state index in [0.717, 1.165) is 4.70 Å². The van der Waals surface area contributed by atoms with Crippen LogP contribution in [0.4, 0.5) is 5.69 Å². The van der Waals surface area contributed by atoms with Gasteiger partial charge in [-0.05, 0) is 18.2 Å². The first-order valence-electron chi connectivity index (χ1n) is 7.98. The number of rotatable bonds is 6. The first-order valence-corrected chi connectivity index (χ1v) is 9.55. The van der Waals surface area contributed by atoms with Crippen LogP contribution in [0.1, 0.15) is 16.9 Å². The van der Waals surface area contributed by atoms with Gasteiger partial charge in [0.25, 0.3) is 5.91 Å². The number of hydrogen-bond donors (Lipinski definition) is 2. The molecule has 0 radical (unpaired) electrons. The lowest BCUT2D eigenvalue weighted by Gasteiger charge is -2.21. The number of amides is 2. The number of para-hydroxylation sites is 1. The van der Waals surface area contributed by atoms with Gasteiger partial charge in [-0.1, -0.05) is 41.4 Å². The minimum absolute atomic E-state index is 0.194. The summed E-state index contributed by atoms with van der Waals surface area (Å²) in [6, 6.07) is 12.7. The number of aromatic nitrogens is 1. The predicted molar refractivity (Wildman–Crippen MR) is 108 cm³/mol. The normalized spacial score (nSPS) is 10.6. The molecule has 6 nitrogen and oxygen atoms in total. The second kappa shape index (κ2) is 8.44. The second-order valence-electron chi connectivity index (χ2n) is 5.58. The molecule has 9 heteroatoms. The van der Waals surface area contributed by atoms with Crippen molar-refractivity contribution >= 4 is 62.3 Å². The molecule has 2 aromatic heterocycles. The minimum atomic E-state index is -0.424. The molecule has 0 bridgehead atoms. The number of anilines is 1. The van der Waals surface area contributed by atoms with Gasteiger partial charge in [-0.25, -0.2) is 0 Å². The van der Waals surface area contributed by atoms with E-state index in [1.54, 1.807) is 30.3 Å². The molecule has 0 saturated carbocycles. The molecular formula is C18H14Cl2N4O2S. The van der Waals surface area contributed by atoms with E-state index >= 15 is 0 Å². The van der Waals surface area contributed by atoms with Crippen LogP contribution in [0.2, 0.25) is 9.36 Å². The van der Waals surface area contributed by atoms with Gasteiger partial charge < -0.3 is 15.2 Å². The third kappa shape index (κ3) is 4.25. The number of aromatic amines is 1. The third-order valence-corrected chi connectivity index (χ3v) is 5.77. The van der Waals surface area contributed by atoms with Crippen LogP contribution in [-0.4, -0.2) is 29.9 Å². The Bertz CT molecular complexity index is 1020. The quantitative estimate of drug-likeness (QED) is 0.625. The third-order valence-electron chi connectivity index (χ3n) is 3.83. The second-order valence-corrected chi connectivity index (χ2v) is 7.62. The Morgan fingerprint density at radius 2 is 2.00 bits per heavy atom. The molecule has 0 aliphatic heterocycles. The molecule has 3 rings (SSSR count). The van der Waals surface area contributed by atoms with Crippen molar-refractivity contribution in [1.82, 2.24) is 10.3 Å². The van der Waals surface area contributed by atoms with Gasteiger partial charge in [0.05, 0.1) is 34.3 Å². The summed E-state index contributed by atoms with van der Waals surface area (Å²) in [7, 11) is 0. The van der Waals surface area contributed by atoms with Gasteiger partial charge >= 0.3 is 0 Å². The fourth-order valence-electron chi connectivity index (χ4n) is 2.56. The van der Waals surface area contributed by atoms with Crippen molar-refractivity contribution in [3.8, 4) is 6.07 Å². The lowest BCUT2D eigenvalue weighted by molar-refractivity contribution is -0.117. The summed E-state index contributed by atoms with van der Waals surface area (Å²) in [6.07, 6.45) is 0.195. The van der Waals surface area contributed by atoms with Gasteiger partial charge in [-0.15, -0.1) is 11.3 Å². The van der Waals surface area contributed by atoms with Crippen molar-refractivity contribution < 1.29 is 9.59 Å². The maximum Gasteiger partial charge on any atom is 0.268 e. The van der Waals surface area contributed by atoms with Crippen LogP contribution in [0.25, 0.3) is 10.2 Å². The highest BCUT2D eigenvalue weighted by Gasteiger charge is 2.19. The van der Waals surface area contributed by atoms with Crippen LogP contribution >= 0.6 is 34.5 Å². The number of halogens is 2. The number of H-pyrrole nitrogens is 1. The SMILES string of the molecule is N#CCCN(C(=O)CNC(=O)c1cc2sc(Cl)c(Cl)c2[nH]1)c1ccccc1. The van der Waals surface area contributed by atoms with Crippen LogP contribution in [0.15, 0.2) is 36.4 Å². The maximum absolute atomic E-state index is 12.6. The van der Waals surface area contributed by atoms with Gasteiger partial charge in [0.15, 0.2) is 0 Å². The standard InChI is InChI=1S/C18H14Cl2N4O2S/c19-15-16-13(27-17(15)20)9-12(23-16)18(26)22-10-14(25)24(8-4-7-21)11-5-2-1-3-6-11/h1-3,5-6,9,23H,4,8,10H2,(H,22,26). The number of fused-ring (bicyclic) bond motifs is 1. The Labute approximate surface area is 169 Å². The highest BCUT2D eigenvalue weighted by molar-refractivity contribution is 7.23. The number of hydrogen-bond acceptors (Lipinski definition) is 4. The number of nitrogens with zero attached hydrogens (tertiary/aromatic N) is 2. The van der Waals surface area contributed by atoms with Crippen molar-refractivity contribution in [2.24, 2.45) is 0 Å². The summed E-state index contributed by atoms with van der Waals surface area (Å²) in [5.41, 5.74) is 1.57. The zero-order valence-corrected chi connectivity index (χ0v) is 16.3. The van der Waals surface area contributed by atoms with E-state index in [1.807, 2.05) is 12.1 Å². The molecule has 2 amide bonds. The van der Waals surface area contributed by atoms with Crippen molar-refractivity contribution in [3.63, 3.8) is 0 Å². The number of carbonyl (C=O) groups is 2. The lowest BCUT2D eigenvalue weighted by atomic mass is 10.2. The fourth-order valence-corrected chi connectivity index (χ4v) is 4.04. The average molecular weight is 421 g/mol. The number of carbonyl (C=O) groups excluding carboxylic acids is 2. The van der Waals surface area contributed by atoms with Gasteiger partial charge in [0.2, 0.25) is 5.91 Å². The Kier molecular flexibility index (Phi) is 6.01. The molecule has 0 aliphatic carbocycles. The van der Waals surface area contributed by atoms with Gasteiger partial charge in [-0.2, -0.15) is 5.26 Å².